The topological polar surface area (TPSA) is 43.8 Å². The highest BCUT2D eigenvalue weighted by molar-refractivity contribution is 7.99. The number of fused-ring (bicyclic) bond motifs is 2. The molecule has 2 aromatic rings. The second-order valence-corrected chi connectivity index (χ2v) is 7.72. The molecule has 0 amide bonds. The van der Waals surface area contributed by atoms with E-state index in [-0.39, 0.29) is 6.42 Å². The molecular formula is C21H22N2O2S. The summed E-state index contributed by atoms with van der Waals surface area (Å²) in [5, 5.41) is 8.88. The third-order valence-electron chi connectivity index (χ3n) is 4.95. The smallest absolute Gasteiger partial charge is 0.304 e. The molecule has 4 nitrogen and oxygen atoms in total. The lowest BCUT2D eigenvalue weighted by molar-refractivity contribution is -0.137. The fraction of sp³-hybridized carbons (Fsp3) is 0.286. The Bertz CT molecular complexity index is 841. The van der Waals surface area contributed by atoms with Gasteiger partial charge in [-0.3, -0.25) is 9.69 Å². The highest BCUT2D eigenvalue weighted by Crippen LogP contribution is 2.41. The maximum Gasteiger partial charge on any atom is 0.304 e. The molecule has 0 spiro atoms. The second kappa shape index (κ2) is 7.56. The molecule has 1 fully saturated rings. The monoisotopic (exact) mass is 366 g/mol. The van der Waals surface area contributed by atoms with Crippen LogP contribution in [0.5, 0.6) is 0 Å². The van der Waals surface area contributed by atoms with Crippen molar-refractivity contribution >= 4 is 29.5 Å². The van der Waals surface area contributed by atoms with Crippen molar-refractivity contribution < 1.29 is 9.90 Å². The van der Waals surface area contributed by atoms with Crippen LogP contribution in [0.2, 0.25) is 0 Å². The van der Waals surface area contributed by atoms with Crippen molar-refractivity contribution in [1.29, 1.82) is 0 Å². The van der Waals surface area contributed by atoms with Gasteiger partial charge in [0, 0.05) is 53.8 Å². The van der Waals surface area contributed by atoms with Crippen molar-refractivity contribution in [2.24, 2.45) is 0 Å². The van der Waals surface area contributed by atoms with Gasteiger partial charge in [0.1, 0.15) is 0 Å². The summed E-state index contributed by atoms with van der Waals surface area (Å²) in [6.07, 6.45) is 2.52. The molecule has 5 heteroatoms. The molecule has 2 aliphatic heterocycles. The summed E-state index contributed by atoms with van der Waals surface area (Å²) < 4.78 is 0. The van der Waals surface area contributed by atoms with E-state index in [9.17, 15) is 4.79 Å². The minimum Gasteiger partial charge on any atom is -0.481 e. The van der Waals surface area contributed by atoms with Crippen molar-refractivity contribution in [2.45, 2.75) is 16.2 Å². The van der Waals surface area contributed by atoms with Crippen LogP contribution in [0.15, 0.2) is 58.3 Å². The summed E-state index contributed by atoms with van der Waals surface area (Å²) in [6.45, 7) is 4.29. The highest BCUT2D eigenvalue weighted by Gasteiger charge is 2.23. The maximum atomic E-state index is 10.8. The van der Waals surface area contributed by atoms with Crippen LogP contribution in [0, 0.1) is 0 Å². The van der Waals surface area contributed by atoms with Gasteiger partial charge in [-0.2, -0.15) is 0 Å². The first kappa shape index (κ1) is 17.2. The van der Waals surface area contributed by atoms with Crippen molar-refractivity contribution in [3.8, 4) is 0 Å². The lowest BCUT2D eigenvalue weighted by Crippen LogP contribution is -2.45. The highest BCUT2D eigenvalue weighted by atomic mass is 32.2. The molecule has 0 aliphatic carbocycles. The van der Waals surface area contributed by atoms with Crippen LogP contribution < -0.4 is 0 Å². The molecule has 0 aromatic heterocycles. The maximum absolute atomic E-state index is 10.8. The molecule has 1 N–H and O–H groups in total. The summed E-state index contributed by atoms with van der Waals surface area (Å²) in [6, 6.07) is 17.1. The minimum absolute atomic E-state index is 0.218. The molecular weight excluding hydrogens is 344 g/mol. The third-order valence-corrected chi connectivity index (χ3v) is 6.12. The van der Waals surface area contributed by atoms with Crippen LogP contribution in [0.1, 0.15) is 17.5 Å². The first-order valence-corrected chi connectivity index (χ1v) is 9.79. The molecule has 4 rings (SSSR count). The Hall–Kier alpha value is -2.24. The zero-order valence-electron chi connectivity index (χ0n) is 14.6. The second-order valence-electron chi connectivity index (χ2n) is 6.64. The average molecular weight is 366 g/mol. The van der Waals surface area contributed by atoms with Gasteiger partial charge >= 0.3 is 5.97 Å². The number of rotatable bonds is 4. The minimum atomic E-state index is -0.721. The Morgan fingerprint density at radius 1 is 0.962 bits per heavy atom. The molecule has 0 unspecified atom stereocenters. The van der Waals surface area contributed by atoms with Crippen LogP contribution in [-0.2, 0) is 4.79 Å². The summed E-state index contributed by atoms with van der Waals surface area (Å²) in [5.74, 6) is -0.721. The Morgan fingerprint density at radius 2 is 1.65 bits per heavy atom. The number of carboxylic acid groups (broad SMARTS) is 1. The Kier molecular flexibility index (Phi) is 5.00. The molecule has 2 aliphatic rings. The van der Waals surface area contributed by atoms with E-state index >= 15 is 0 Å². The molecule has 0 radical (unpaired) electrons. The summed E-state index contributed by atoms with van der Waals surface area (Å²) in [7, 11) is 0. The van der Waals surface area contributed by atoms with Gasteiger partial charge in [-0.15, -0.1) is 0 Å². The summed E-state index contributed by atoms with van der Waals surface area (Å²) >= 11 is 1.83. The number of piperazine rings is 1. The number of benzene rings is 2. The Labute approximate surface area is 158 Å². The van der Waals surface area contributed by atoms with E-state index < -0.39 is 5.97 Å². The van der Waals surface area contributed by atoms with Crippen LogP contribution in [0.3, 0.4) is 0 Å². The van der Waals surface area contributed by atoms with Crippen LogP contribution >= 0.6 is 11.8 Å². The van der Waals surface area contributed by atoms with E-state index in [0.717, 1.165) is 26.2 Å². The first-order valence-electron chi connectivity index (χ1n) is 8.98. The molecule has 2 heterocycles. The van der Waals surface area contributed by atoms with Crippen molar-refractivity contribution in [3.05, 3.63) is 59.7 Å². The van der Waals surface area contributed by atoms with E-state index in [2.05, 4.69) is 64.4 Å². The van der Waals surface area contributed by atoms with Crippen LogP contribution in [0.4, 0.5) is 0 Å². The largest absolute Gasteiger partial charge is 0.481 e. The number of nitrogens with zero attached hydrogens (tertiary/aromatic N) is 2. The fourth-order valence-corrected chi connectivity index (χ4v) is 4.59. The zero-order chi connectivity index (χ0) is 17.9. The number of hydrogen-bond donors (Lipinski definition) is 1. The first-order chi connectivity index (χ1) is 12.7. The fourth-order valence-electron chi connectivity index (χ4n) is 3.53. The standard InChI is InChI=1S/C21H22N2O2S/c24-21(25)9-10-22-11-13-23(14-12-22)18-15-16-5-1-3-7-19(16)26-20-8-4-2-6-17(18)20/h1-8,15H,9-14H2,(H,24,25). The van der Waals surface area contributed by atoms with Crippen molar-refractivity contribution in [1.82, 2.24) is 9.80 Å². The van der Waals surface area contributed by atoms with Gasteiger partial charge in [0.25, 0.3) is 0 Å². The summed E-state index contributed by atoms with van der Waals surface area (Å²) in [5.41, 5.74) is 3.82. The van der Waals surface area contributed by atoms with E-state index in [0.29, 0.717) is 6.54 Å². The number of carbonyl (C=O) groups is 1. The van der Waals surface area contributed by atoms with Crippen LogP contribution in [-0.4, -0.2) is 53.6 Å². The average Bonchev–Trinajstić information content (AvgIpc) is 2.83. The molecule has 1 saturated heterocycles. The normalized spacial score (nSPS) is 17.1. The molecule has 0 bridgehead atoms. The van der Waals surface area contributed by atoms with E-state index in [1.54, 1.807) is 0 Å². The van der Waals surface area contributed by atoms with Gasteiger partial charge in [0.15, 0.2) is 0 Å². The van der Waals surface area contributed by atoms with E-state index in [1.165, 1.54) is 26.6 Å². The lowest BCUT2D eigenvalue weighted by atomic mass is 10.1. The van der Waals surface area contributed by atoms with Gasteiger partial charge in [-0.25, -0.2) is 0 Å². The zero-order valence-corrected chi connectivity index (χ0v) is 15.4. The van der Waals surface area contributed by atoms with Crippen LogP contribution in [0.25, 0.3) is 11.8 Å². The molecule has 0 saturated carbocycles. The van der Waals surface area contributed by atoms with Crippen molar-refractivity contribution in [3.63, 3.8) is 0 Å². The van der Waals surface area contributed by atoms with Gasteiger partial charge in [-0.1, -0.05) is 48.2 Å². The Morgan fingerprint density at radius 3 is 2.42 bits per heavy atom. The SMILES string of the molecule is O=C(O)CCN1CCN(C2=Cc3ccccc3Sc3ccccc32)CC1. The van der Waals surface area contributed by atoms with Gasteiger partial charge in [-0.05, 0) is 23.8 Å². The van der Waals surface area contributed by atoms with Gasteiger partial charge < -0.3 is 10.0 Å². The van der Waals surface area contributed by atoms with E-state index in [1.807, 2.05) is 11.8 Å². The van der Waals surface area contributed by atoms with Gasteiger partial charge in [0.05, 0.1) is 6.42 Å². The predicted molar refractivity (Wildman–Crippen MR) is 105 cm³/mol. The number of hydrogen-bond acceptors (Lipinski definition) is 4. The molecule has 0 atom stereocenters. The lowest BCUT2D eigenvalue weighted by Gasteiger charge is -2.37. The number of carboxylic acids is 1. The van der Waals surface area contributed by atoms with E-state index in [4.69, 9.17) is 5.11 Å². The Balaban J connectivity index is 1.59. The van der Waals surface area contributed by atoms with Crippen molar-refractivity contribution in [2.75, 3.05) is 32.7 Å². The molecule has 134 valence electrons. The summed E-state index contributed by atoms with van der Waals surface area (Å²) in [4.78, 5) is 18.1. The quantitative estimate of drug-likeness (QED) is 0.893. The van der Waals surface area contributed by atoms with Gasteiger partial charge in [0.2, 0.25) is 0 Å². The third kappa shape index (κ3) is 3.64. The molecule has 26 heavy (non-hydrogen) atoms. The number of aliphatic carboxylic acids is 1. The molecule has 2 aromatic carbocycles. The predicted octanol–water partition coefficient (Wildman–Crippen LogP) is 3.74.